The van der Waals surface area contributed by atoms with Gasteiger partial charge in [-0.3, -0.25) is 9.67 Å². The molecule has 1 N–H and O–H groups in total. The average molecular weight is 409 g/mol. The average Bonchev–Trinajstić information content (AvgIpc) is 2.97. The number of aliphatic imine (C=N–C) groups is 1. The van der Waals surface area contributed by atoms with E-state index in [1.54, 1.807) is 0 Å². The zero-order valence-electron chi connectivity index (χ0n) is 12.2. The van der Waals surface area contributed by atoms with Gasteiger partial charge in [0.15, 0.2) is 5.96 Å². The zero-order valence-corrected chi connectivity index (χ0v) is 15.3. The van der Waals surface area contributed by atoms with E-state index in [1.165, 1.54) is 12.2 Å². The van der Waals surface area contributed by atoms with Crippen LogP contribution in [-0.2, 0) is 6.54 Å². The first-order valence-corrected chi connectivity index (χ1v) is 7.93. The third-order valence-corrected chi connectivity index (χ3v) is 4.66. The van der Waals surface area contributed by atoms with E-state index >= 15 is 0 Å². The fourth-order valence-corrected chi connectivity index (χ4v) is 3.39. The van der Waals surface area contributed by atoms with Gasteiger partial charge < -0.3 is 10.2 Å². The van der Waals surface area contributed by atoms with E-state index < -0.39 is 0 Å². The van der Waals surface area contributed by atoms with E-state index in [2.05, 4.69) is 39.0 Å². The molecule has 0 amide bonds. The van der Waals surface area contributed by atoms with Gasteiger partial charge in [-0.15, -0.1) is 24.0 Å². The van der Waals surface area contributed by atoms with Gasteiger partial charge in [0.25, 0.3) is 0 Å². The summed E-state index contributed by atoms with van der Waals surface area (Å²) in [6.07, 6.45) is 5.02. The fraction of sp³-hybridized carbons (Fsp3) is 0.692. The summed E-state index contributed by atoms with van der Waals surface area (Å²) in [5.41, 5.74) is 0. The largest absolute Gasteiger partial charge is 0.354 e. The summed E-state index contributed by atoms with van der Waals surface area (Å²) in [6.45, 7) is 6.17. The van der Waals surface area contributed by atoms with Gasteiger partial charge in [-0.05, 0) is 12.5 Å². The maximum Gasteiger partial charge on any atom is 0.193 e. The molecular formula is C13H24IN5S. The normalized spacial score (nSPS) is 19.6. The summed E-state index contributed by atoms with van der Waals surface area (Å²) < 4.78 is 1.93. The van der Waals surface area contributed by atoms with Crippen LogP contribution in [0.1, 0.15) is 13.3 Å². The maximum absolute atomic E-state index is 4.39. The zero-order chi connectivity index (χ0) is 13.5. The molecule has 1 aromatic rings. The van der Waals surface area contributed by atoms with Crippen molar-refractivity contribution in [3.63, 3.8) is 0 Å². The molecule has 114 valence electrons. The molecule has 1 atom stereocenters. The van der Waals surface area contributed by atoms with E-state index in [0.717, 1.165) is 37.4 Å². The molecular weight excluding hydrogens is 385 g/mol. The van der Waals surface area contributed by atoms with Crippen molar-refractivity contribution in [2.45, 2.75) is 25.1 Å². The lowest BCUT2D eigenvalue weighted by Gasteiger charge is -2.34. The van der Waals surface area contributed by atoms with Gasteiger partial charge in [0.1, 0.15) is 0 Å². The van der Waals surface area contributed by atoms with Crippen LogP contribution in [-0.4, -0.2) is 58.3 Å². The predicted molar refractivity (Wildman–Crippen MR) is 97.1 cm³/mol. The summed E-state index contributed by atoms with van der Waals surface area (Å²) >= 11 is 2.08. The van der Waals surface area contributed by atoms with Gasteiger partial charge in [0.05, 0.1) is 6.54 Å². The van der Waals surface area contributed by atoms with Crippen LogP contribution >= 0.6 is 35.7 Å². The number of rotatable bonds is 4. The van der Waals surface area contributed by atoms with Crippen molar-refractivity contribution in [3.8, 4) is 0 Å². The first-order valence-electron chi connectivity index (χ1n) is 6.88. The molecule has 0 aliphatic carbocycles. The lowest BCUT2D eigenvalue weighted by Crippen LogP contribution is -2.48. The lowest BCUT2D eigenvalue weighted by molar-refractivity contribution is 0.406. The minimum absolute atomic E-state index is 0. The lowest BCUT2D eigenvalue weighted by atomic mass is 10.3. The van der Waals surface area contributed by atoms with Gasteiger partial charge in [0, 0.05) is 50.1 Å². The molecule has 0 spiro atoms. The number of nitrogens with zero attached hydrogens (tertiary/aromatic N) is 4. The summed E-state index contributed by atoms with van der Waals surface area (Å²) in [7, 11) is 1.86. The van der Waals surface area contributed by atoms with Crippen molar-refractivity contribution in [1.29, 1.82) is 0 Å². The number of guanidine groups is 1. The fourth-order valence-electron chi connectivity index (χ4n) is 2.21. The first-order chi connectivity index (χ1) is 9.33. The monoisotopic (exact) mass is 409 g/mol. The highest BCUT2D eigenvalue weighted by molar-refractivity contribution is 14.0. The summed E-state index contributed by atoms with van der Waals surface area (Å²) in [5, 5.41) is 8.36. The number of aromatic nitrogens is 2. The molecule has 0 bridgehead atoms. The molecule has 1 aliphatic rings. The molecule has 1 aromatic heterocycles. The highest BCUT2D eigenvalue weighted by Crippen LogP contribution is 2.20. The van der Waals surface area contributed by atoms with Crippen LogP contribution in [0.15, 0.2) is 23.5 Å². The van der Waals surface area contributed by atoms with Gasteiger partial charge in [-0.2, -0.15) is 16.9 Å². The second kappa shape index (κ2) is 9.49. The third-order valence-electron chi connectivity index (χ3n) is 3.29. The Morgan fingerprint density at radius 1 is 1.55 bits per heavy atom. The Bertz CT molecular complexity index is 395. The molecule has 0 aromatic carbocycles. The minimum Gasteiger partial charge on any atom is -0.354 e. The molecule has 7 heteroatoms. The van der Waals surface area contributed by atoms with Crippen molar-refractivity contribution < 1.29 is 0 Å². The number of halogens is 1. The second-order valence-corrected chi connectivity index (χ2v) is 6.00. The van der Waals surface area contributed by atoms with Gasteiger partial charge in [0.2, 0.25) is 0 Å². The van der Waals surface area contributed by atoms with Crippen molar-refractivity contribution in [3.05, 3.63) is 18.5 Å². The summed E-state index contributed by atoms with van der Waals surface area (Å²) in [4.78, 5) is 6.76. The molecule has 0 radical (unpaired) electrons. The number of hydrogen-bond donors (Lipinski definition) is 1. The smallest absolute Gasteiger partial charge is 0.193 e. The number of nitrogens with one attached hydrogen (secondary N) is 1. The van der Waals surface area contributed by atoms with Crippen LogP contribution in [0.5, 0.6) is 0 Å². The maximum atomic E-state index is 4.39. The Morgan fingerprint density at radius 2 is 2.40 bits per heavy atom. The van der Waals surface area contributed by atoms with Crippen molar-refractivity contribution in [1.82, 2.24) is 20.0 Å². The van der Waals surface area contributed by atoms with E-state index in [-0.39, 0.29) is 24.0 Å². The quantitative estimate of drug-likeness (QED) is 0.469. The van der Waals surface area contributed by atoms with Crippen LogP contribution in [0.2, 0.25) is 0 Å². The molecule has 1 aliphatic heterocycles. The molecule has 5 nitrogen and oxygen atoms in total. The molecule has 2 rings (SSSR count). The Labute approximate surface area is 142 Å². The topological polar surface area (TPSA) is 45.5 Å². The molecule has 20 heavy (non-hydrogen) atoms. The van der Waals surface area contributed by atoms with Crippen LogP contribution in [0.25, 0.3) is 0 Å². The van der Waals surface area contributed by atoms with Gasteiger partial charge in [-0.1, -0.05) is 6.92 Å². The minimum atomic E-state index is 0. The van der Waals surface area contributed by atoms with Gasteiger partial charge >= 0.3 is 0 Å². The Balaban J connectivity index is 0.00000200. The van der Waals surface area contributed by atoms with E-state index in [0.29, 0.717) is 0 Å². The predicted octanol–water partition coefficient (Wildman–Crippen LogP) is 1.90. The van der Waals surface area contributed by atoms with Crippen molar-refractivity contribution in [2.75, 3.05) is 32.4 Å². The first kappa shape index (κ1) is 17.6. The van der Waals surface area contributed by atoms with E-state index in [1.807, 2.05) is 30.2 Å². The number of hydrogen-bond acceptors (Lipinski definition) is 3. The Hall–Kier alpha value is -0.440. The van der Waals surface area contributed by atoms with Crippen molar-refractivity contribution >= 4 is 41.7 Å². The second-order valence-electron chi connectivity index (χ2n) is 4.59. The highest BCUT2D eigenvalue weighted by atomic mass is 127. The third kappa shape index (κ3) is 5.16. The SMILES string of the molecule is CCC1CN(C(=NC)NCCn2cccn2)CCS1.I. The highest BCUT2D eigenvalue weighted by Gasteiger charge is 2.21. The van der Waals surface area contributed by atoms with Crippen LogP contribution < -0.4 is 5.32 Å². The summed E-state index contributed by atoms with van der Waals surface area (Å²) in [6, 6.07) is 1.95. The molecule has 2 heterocycles. The Kier molecular flexibility index (Phi) is 8.35. The van der Waals surface area contributed by atoms with Crippen LogP contribution in [0, 0.1) is 0 Å². The Morgan fingerprint density at radius 3 is 3.05 bits per heavy atom. The van der Waals surface area contributed by atoms with Crippen molar-refractivity contribution in [2.24, 2.45) is 4.99 Å². The van der Waals surface area contributed by atoms with Gasteiger partial charge in [-0.25, -0.2) is 0 Å². The summed E-state index contributed by atoms with van der Waals surface area (Å²) in [5.74, 6) is 2.21. The van der Waals surface area contributed by atoms with E-state index in [4.69, 9.17) is 0 Å². The van der Waals surface area contributed by atoms with E-state index in [9.17, 15) is 0 Å². The molecule has 1 saturated heterocycles. The van der Waals surface area contributed by atoms with Crippen LogP contribution in [0.4, 0.5) is 0 Å². The molecule has 1 fully saturated rings. The number of thioether (sulfide) groups is 1. The molecule has 1 unspecified atom stereocenters. The standard InChI is InChI=1S/C13H23N5S.HI/c1-3-12-11-17(9-10-19-12)13(14-2)15-6-8-18-7-4-5-16-18;/h4-5,7,12H,3,6,8-11H2,1-2H3,(H,14,15);1H. The molecule has 0 saturated carbocycles. The van der Waals surface area contributed by atoms with Crippen LogP contribution in [0.3, 0.4) is 0 Å².